The van der Waals surface area contributed by atoms with Crippen LogP contribution in [0.1, 0.15) is 17.5 Å². The molecule has 2 N–H and O–H groups in total. The third kappa shape index (κ3) is 1.56. The number of nitrogens with two attached hydrogens (primary N) is 1. The third-order valence-electron chi connectivity index (χ3n) is 2.50. The van der Waals surface area contributed by atoms with E-state index in [-0.39, 0.29) is 6.04 Å². The summed E-state index contributed by atoms with van der Waals surface area (Å²) in [5.74, 6) is -0.947. The van der Waals surface area contributed by atoms with Gasteiger partial charge >= 0.3 is 0 Å². The highest BCUT2D eigenvalue weighted by Gasteiger charge is 2.19. The molecule has 1 aliphatic carbocycles. The molecule has 3 heteroatoms. The highest BCUT2D eigenvalue weighted by atomic mass is 19.1. The van der Waals surface area contributed by atoms with Gasteiger partial charge in [-0.3, -0.25) is 0 Å². The molecule has 1 aromatic rings. The van der Waals surface area contributed by atoms with E-state index in [2.05, 4.69) is 0 Å². The monoisotopic (exact) mass is 183 g/mol. The summed E-state index contributed by atoms with van der Waals surface area (Å²) in [6.07, 6.45) is 2.03. The molecule has 0 heterocycles. The number of aryl methyl sites for hydroxylation is 1. The topological polar surface area (TPSA) is 26.0 Å². The summed E-state index contributed by atoms with van der Waals surface area (Å²) >= 11 is 0. The van der Waals surface area contributed by atoms with Crippen LogP contribution in [0.15, 0.2) is 12.1 Å². The van der Waals surface area contributed by atoms with Crippen molar-refractivity contribution >= 4 is 0 Å². The second-order valence-corrected chi connectivity index (χ2v) is 3.53. The van der Waals surface area contributed by atoms with Gasteiger partial charge in [-0.15, -0.1) is 0 Å². The van der Waals surface area contributed by atoms with Gasteiger partial charge in [-0.05, 0) is 36.5 Å². The van der Waals surface area contributed by atoms with Crippen molar-refractivity contribution in [1.82, 2.24) is 0 Å². The van der Waals surface area contributed by atoms with E-state index < -0.39 is 11.6 Å². The Morgan fingerprint density at radius 3 is 2.85 bits per heavy atom. The van der Waals surface area contributed by atoms with Crippen molar-refractivity contribution in [1.29, 1.82) is 0 Å². The van der Waals surface area contributed by atoms with Crippen molar-refractivity contribution in [2.45, 2.75) is 25.3 Å². The van der Waals surface area contributed by atoms with E-state index in [4.69, 9.17) is 5.73 Å². The zero-order valence-corrected chi connectivity index (χ0v) is 7.19. The van der Waals surface area contributed by atoms with Gasteiger partial charge in [0.2, 0.25) is 0 Å². The Balaban J connectivity index is 2.47. The van der Waals surface area contributed by atoms with Gasteiger partial charge in [0.25, 0.3) is 0 Å². The standard InChI is InChI=1S/C10H11F2N/c11-7-3-6-1-2-8(13)5-9(6)10(12)4-7/h3-4,8H,1-2,5,13H2/t8-/m1/s1. The second kappa shape index (κ2) is 3.07. The maximum atomic E-state index is 13.2. The molecular formula is C10H11F2N. The quantitative estimate of drug-likeness (QED) is 0.652. The van der Waals surface area contributed by atoms with E-state index in [9.17, 15) is 8.78 Å². The lowest BCUT2D eigenvalue weighted by Gasteiger charge is -2.21. The predicted octanol–water partition coefficient (Wildman–Crippen LogP) is 1.78. The largest absolute Gasteiger partial charge is 0.327 e. The van der Waals surface area contributed by atoms with Crippen LogP contribution in [0.3, 0.4) is 0 Å². The van der Waals surface area contributed by atoms with Crippen LogP contribution in [0.2, 0.25) is 0 Å². The minimum absolute atomic E-state index is 0.0208. The molecular weight excluding hydrogens is 172 g/mol. The average Bonchev–Trinajstić information content (AvgIpc) is 2.06. The molecule has 1 aromatic carbocycles. The summed E-state index contributed by atoms with van der Waals surface area (Å²) in [6, 6.07) is 2.36. The van der Waals surface area contributed by atoms with Crippen LogP contribution in [-0.4, -0.2) is 6.04 Å². The Morgan fingerprint density at radius 2 is 2.08 bits per heavy atom. The molecule has 0 aromatic heterocycles. The van der Waals surface area contributed by atoms with Crippen molar-refractivity contribution in [2.75, 3.05) is 0 Å². The van der Waals surface area contributed by atoms with E-state index in [0.29, 0.717) is 18.4 Å². The van der Waals surface area contributed by atoms with Crippen molar-refractivity contribution in [3.05, 3.63) is 34.9 Å². The number of hydrogen-bond acceptors (Lipinski definition) is 1. The molecule has 0 saturated carbocycles. The first kappa shape index (κ1) is 8.63. The highest BCUT2D eigenvalue weighted by molar-refractivity contribution is 5.32. The van der Waals surface area contributed by atoms with Crippen LogP contribution in [-0.2, 0) is 12.8 Å². The van der Waals surface area contributed by atoms with Crippen LogP contribution in [0, 0.1) is 11.6 Å². The number of fused-ring (bicyclic) bond motifs is 1. The first-order valence-corrected chi connectivity index (χ1v) is 4.39. The second-order valence-electron chi connectivity index (χ2n) is 3.53. The van der Waals surface area contributed by atoms with Crippen LogP contribution < -0.4 is 5.73 Å². The van der Waals surface area contributed by atoms with E-state index >= 15 is 0 Å². The summed E-state index contributed by atoms with van der Waals surface area (Å²) in [5, 5.41) is 0. The number of hydrogen-bond donors (Lipinski definition) is 1. The summed E-state index contributed by atoms with van der Waals surface area (Å²) in [7, 11) is 0. The normalized spacial score (nSPS) is 21.3. The molecule has 70 valence electrons. The van der Waals surface area contributed by atoms with E-state index in [1.54, 1.807) is 0 Å². The molecule has 1 atom stereocenters. The Kier molecular flexibility index (Phi) is 2.04. The van der Waals surface area contributed by atoms with Gasteiger partial charge in [0.05, 0.1) is 0 Å². The summed E-state index contributed by atoms with van der Waals surface area (Å²) in [5.41, 5.74) is 7.07. The SMILES string of the molecule is N[C@@H]1CCc2cc(F)cc(F)c2C1. The molecule has 0 fully saturated rings. The zero-order chi connectivity index (χ0) is 9.42. The molecule has 1 nitrogen and oxygen atoms in total. The van der Waals surface area contributed by atoms with Crippen LogP contribution in [0.25, 0.3) is 0 Å². The van der Waals surface area contributed by atoms with E-state index in [0.717, 1.165) is 18.1 Å². The lowest BCUT2D eigenvalue weighted by Crippen LogP contribution is -2.28. The van der Waals surface area contributed by atoms with Gasteiger partial charge in [0, 0.05) is 12.1 Å². The highest BCUT2D eigenvalue weighted by Crippen LogP contribution is 2.24. The minimum Gasteiger partial charge on any atom is -0.327 e. The molecule has 0 bridgehead atoms. The fourth-order valence-corrected chi connectivity index (χ4v) is 1.81. The molecule has 0 aliphatic heterocycles. The van der Waals surface area contributed by atoms with Crippen LogP contribution >= 0.6 is 0 Å². The van der Waals surface area contributed by atoms with Gasteiger partial charge in [-0.1, -0.05) is 0 Å². The molecule has 0 amide bonds. The molecule has 0 radical (unpaired) electrons. The fourth-order valence-electron chi connectivity index (χ4n) is 1.81. The molecule has 2 rings (SSSR count). The first-order chi connectivity index (χ1) is 6.16. The average molecular weight is 183 g/mol. The molecule has 0 unspecified atom stereocenters. The summed E-state index contributed by atoms with van der Waals surface area (Å²) < 4.78 is 26.0. The lowest BCUT2D eigenvalue weighted by molar-refractivity contribution is 0.518. The van der Waals surface area contributed by atoms with Crippen LogP contribution in [0.4, 0.5) is 8.78 Å². The number of benzene rings is 1. The third-order valence-corrected chi connectivity index (χ3v) is 2.50. The van der Waals surface area contributed by atoms with Crippen LogP contribution in [0.5, 0.6) is 0 Å². The number of halogens is 2. The predicted molar refractivity (Wildman–Crippen MR) is 46.4 cm³/mol. The van der Waals surface area contributed by atoms with Gasteiger partial charge in [-0.25, -0.2) is 8.78 Å². The molecule has 13 heavy (non-hydrogen) atoms. The number of rotatable bonds is 0. The Morgan fingerprint density at radius 1 is 1.31 bits per heavy atom. The van der Waals surface area contributed by atoms with Crippen molar-refractivity contribution < 1.29 is 8.78 Å². The zero-order valence-electron chi connectivity index (χ0n) is 7.19. The fraction of sp³-hybridized carbons (Fsp3) is 0.400. The first-order valence-electron chi connectivity index (χ1n) is 4.39. The maximum Gasteiger partial charge on any atom is 0.129 e. The lowest BCUT2D eigenvalue weighted by atomic mass is 9.88. The summed E-state index contributed by atoms with van der Waals surface area (Å²) in [6.45, 7) is 0. The van der Waals surface area contributed by atoms with E-state index in [1.807, 2.05) is 0 Å². The van der Waals surface area contributed by atoms with Crippen molar-refractivity contribution in [2.24, 2.45) is 5.73 Å². The maximum absolute atomic E-state index is 13.2. The van der Waals surface area contributed by atoms with Gasteiger partial charge in [-0.2, -0.15) is 0 Å². The van der Waals surface area contributed by atoms with Gasteiger partial charge < -0.3 is 5.73 Å². The minimum atomic E-state index is -0.494. The Hall–Kier alpha value is -0.960. The summed E-state index contributed by atoms with van der Waals surface area (Å²) in [4.78, 5) is 0. The van der Waals surface area contributed by atoms with Gasteiger partial charge in [0.1, 0.15) is 11.6 Å². The van der Waals surface area contributed by atoms with Crippen molar-refractivity contribution in [3.63, 3.8) is 0 Å². The van der Waals surface area contributed by atoms with Crippen molar-refractivity contribution in [3.8, 4) is 0 Å². The molecule has 1 aliphatic rings. The molecule has 0 spiro atoms. The Bertz CT molecular complexity index is 336. The smallest absolute Gasteiger partial charge is 0.129 e. The van der Waals surface area contributed by atoms with E-state index in [1.165, 1.54) is 6.07 Å². The molecule has 0 saturated heterocycles. The Labute approximate surface area is 75.6 Å². The van der Waals surface area contributed by atoms with Gasteiger partial charge in [0.15, 0.2) is 0 Å².